The maximum atomic E-state index is 11.4. The molecule has 138 valence electrons. The summed E-state index contributed by atoms with van der Waals surface area (Å²) in [6.07, 6.45) is 7.21. The van der Waals surface area contributed by atoms with Crippen molar-refractivity contribution >= 4 is 5.91 Å². The first-order valence-electron chi connectivity index (χ1n) is 9.53. The van der Waals surface area contributed by atoms with E-state index in [9.17, 15) is 9.90 Å². The number of nitrogens with two attached hydrogens (primary N) is 1. The van der Waals surface area contributed by atoms with E-state index in [0.717, 1.165) is 32.1 Å². The SMILES string of the molecule is NC(=O)CN(CC(O)COC1CCCc2ccccc21)C1CCCC1. The van der Waals surface area contributed by atoms with E-state index in [1.807, 2.05) is 11.0 Å². The molecule has 2 unspecified atom stereocenters. The minimum atomic E-state index is -0.603. The molecule has 0 aromatic heterocycles. The number of carbonyl (C=O) groups is 1. The van der Waals surface area contributed by atoms with E-state index < -0.39 is 6.10 Å². The summed E-state index contributed by atoms with van der Waals surface area (Å²) in [6.45, 7) is 0.955. The minimum absolute atomic E-state index is 0.0654. The van der Waals surface area contributed by atoms with E-state index in [-0.39, 0.29) is 18.6 Å². The van der Waals surface area contributed by atoms with Crippen LogP contribution in [0.15, 0.2) is 24.3 Å². The lowest BCUT2D eigenvalue weighted by Gasteiger charge is -2.31. The topological polar surface area (TPSA) is 75.8 Å². The summed E-state index contributed by atoms with van der Waals surface area (Å²) in [5.41, 5.74) is 8.00. The number of aliphatic hydroxyl groups excluding tert-OH is 1. The number of carbonyl (C=O) groups excluding carboxylic acids is 1. The Hall–Kier alpha value is -1.43. The van der Waals surface area contributed by atoms with Crippen LogP contribution in [0.2, 0.25) is 0 Å². The molecule has 1 amide bonds. The normalized spacial score (nSPS) is 22.1. The van der Waals surface area contributed by atoms with Crippen LogP contribution in [0.4, 0.5) is 0 Å². The van der Waals surface area contributed by atoms with Crippen molar-refractivity contribution in [3.63, 3.8) is 0 Å². The van der Waals surface area contributed by atoms with Gasteiger partial charge in [0.2, 0.25) is 5.91 Å². The number of primary amides is 1. The van der Waals surface area contributed by atoms with Gasteiger partial charge in [0.1, 0.15) is 0 Å². The highest BCUT2D eigenvalue weighted by Gasteiger charge is 2.27. The monoisotopic (exact) mass is 346 g/mol. The second-order valence-electron chi connectivity index (χ2n) is 7.40. The fourth-order valence-electron chi connectivity index (χ4n) is 4.25. The highest BCUT2D eigenvalue weighted by molar-refractivity contribution is 5.75. The molecule has 3 N–H and O–H groups in total. The number of nitrogens with zero attached hydrogens (tertiary/aromatic N) is 1. The maximum Gasteiger partial charge on any atom is 0.231 e. The van der Waals surface area contributed by atoms with Gasteiger partial charge in [-0.3, -0.25) is 9.69 Å². The van der Waals surface area contributed by atoms with E-state index in [0.29, 0.717) is 19.2 Å². The van der Waals surface area contributed by atoms with Gasteiger partial charge in [-0.2, -0.15) is 0 Å². The summed E-state index contributed by atoms with van der Waals surface area (Å²) in [7, 11) is 0. The van der Waals surface area contributed by atoms with Gasteiger partial charge in [0.25, 0.3) is 0 Å². The fraction of sp³-hybridized carbons (Fsp3) is 0.650. The molecule has 2 atom stereocenters. The Morgan fingerprint density at radius 2 is 2.00 bits per heavy atom. The number of ether oxygens (including phenoxy) is 1. The van der Waals surface area contributed by atoms with Crippen molar-refractivity contribution in [3.8, 4) is 0 Å². The molecule has 1 aromatic rings. The Labute approximate surface area is 150 Å². The van der Waals surface area contributed by atoms with Gasteiger partial charge in [-0.1, -0.05) is 37.1 Å². The third kappa shape index (κ3) is 5.03. The highest BCUT2D eigenvalue weighted by Crippen LogP contribution is 2.32. The third-order valence-electron chi connectivity index (χ3n) is 5.45. The van der Waals surface area contributed by atoms with E-state index in [1.165, 1.54) is 24.0 Å². The number of fused-ring (bicyclic) bond motifs is 1. The number of benzene rings is 1. The molecule has 1 aromatic carbocycles. The van der Waals surface area contributed by atoms with Crippen LogP contribution in [0.1, 0.15) is 55.8 Å². The first-order chi connectivity index (χ1) is 12.1. The van der Waals surface area contributed by atoms with Crippen LogP contribution in [0, 0.1) is 0 Å². The van der Waals surface area contributed by atoms with Gasteiger partial charge in [-0.05, 0) is 43.2 Å². The van der Waals surface area contributed by atoms with E-state index in [1.54, 1.807) is 0 Å². The van der Waals surface area contributed by atoms with Crippen molar-refractivity contribution in [2.45, 2.75) is 63.2 Å². The molecule has 5 nitrogen and oxygen atoms in total. The van der Waals surface area contributed by atoms with Crippen LogP contribution in [-0.2, 0) is 16.0 Å². The summed E-state index contributed by atoms with van der Waals surface area (Å²) in [6, 6.07) is 8.77. The van der Waals surface area contributed by atoms with E-state index in [2.05, 4.69) is 18.2 Å². The summed E-state index contributed by atoms with van der Waals surface area (Å²) >= 11 is 0. The van der Waals surface area contributed by atoms with Gasteiger partial charge in [-0.15, -0.1) is 0 Å². The summed E-state index contributed by atoms with van der Waals surface area (Å²) < 4.78 is 6.05. The fourth-order valence-corrected chi connectivity index (χ4v) is 4.25. The first-order valence-corrected chi connectivity index (χ1v) is 9.53. The Bertz CT molecular complexity index is 572. The predicted molar refractivity (Wildman–Crippen MR) is 97.1 cm³/mol. The molecule has 0 heterocycles. The Balaban J connectivity index is 1.53. The van der Waals surface area contributed by atoms with Crippen molar-refractivity contribution in [3.05, 3.63) is 35.4 Å². The molecular formula is C20H30N2O3. The molecular weight excluding hydrogens is 316 g/mol. The van der Waals surface area contributed by atoms with Crippen molar-refractivity contribution < 1.29 is 14.6 Å². The van der Waals surface area contributed by atoms with Gasteiger partial charge >= 0.3 is 0 Å². The summed E-state index contributed by atoms with van der Waals surface area (Å²) in [4.78, 5) is 13.4. The maximum absolute atomic E-state index is 11.4. The number of hydrogen-bond acceptors (Lipinski definition) is 4. The Morgan fingerprint density at radius 3 is 2.76 bits per heavy atom. The van der Waals surface area contributed by atoms with Crippen LogP contribution in [0.3, 0.4) is 0 Å². The molecule has 0 bridgehead atoms. The Kier molecular flexibility index (Phi) is 6.45. The van der Waals surface area contributed by atoms with Gasteiger partial charge in [0, 0.05) is 12.6 Å². The van der Waals surface area contributed by atoms with Crippen LogP contribution in [-0.4, -0.2) is 47.8 Å². The average Bonchev–Trinajstić information content (AvgIpc) is 3.13. The largest absolute Gasteiger partial charge is 0.389 e. The first kappa shape index (κ1) is 18.4. The standard InChI is InChI=1S/C20H30N2O3/c21-20(24)13-22(16-8-2-3-9-16)12-17(23)14-25-19-11-5-7-15-6-1-4-10-18(15)19/h1,4,6,10,16-17,19,23H,2-3,5,7-9,11-14H2,(H2,21,24). The van der Waals surface area contributed by atoms with Crippen LogP contribution in [0.5, 0.6) is 0 Å². The molecule has 0 radical (unpaired) electrons. The number of aliphatic hydroxyl groups is 1. The smallest absolute Gasteiger partial charge is 0.231 e. The third-order valence-corrected chi connectivity index (χ3v) is 5.45. The minimum Gasteiger partial charge on any atom is -0.389 e. The molecule has 5 heteroatoms. The summed E-state index contributed by atoms with van der Waals surface area (Å²) in [5, 5.41) is 10.5. The predicted octanol–water partition coefficient (Wildman–Crippen LogP) is 2.17. The molecule has 0 aliphatic heterocycles. The molecule has 1 fully saturated rings. The average molecular weight is 346 g/mol. The van der Waals surface area contributed by atoms with Crippen LogP contribution >= 0.6 is 0 Å². The molecule has 2 aliphatic rings. The zero-order valence-corrected chi connectivity index (χ0v) is 14.9. The molecule has 2 aliphatic carbocycles. The molecule has 1 saturated carbocycles. The van der Waals surface area contributed by atoms with Crippen molar-refractivity contribution in [2.24, 2.45) is 5.73 Å². The highest BCUT2D eigenvalue weighted by atomic mass is 16.5. The van der Waals surface area contributed by atoms with Crippen molar-refractivity contribution in [2.75, 3.05) is 19.7 Å². The number of rotatable bonds is 8. The van der Waals surface area contributed by atoms with Crippen LogP contribution in [0.25, 0.3) is 0 Å². The van der Waals surface area contributed by atoms with Gasteiger partial charge in [0.15, 0.2) is 0 Å². The van der Waals surface area contributed by atoms with E-state index in [4.69, 9.17) is 10.5 Å². The quantitative estimate of drug-likeness (QED) is 0.756. The van der Waals surface area contributed by atoms with Gasteiger partial charge in [-0.25, -0.2) is 0 Å². The van der Waals surface area contributed by atoms with E-state index >= 15 is 0 Å². The zero-order valence-electron chi connectivity index (χ0n) is 14.9. The molecule has 3 rings (SSSR count). The lowest BCUT2D eigenvalue weighted by Crippen LogP contribution is -2.45. The molecule has 0 spiro atoms. The number of hydrogen-bond donors (Lipinski definition) is 2. The molecule has 0 saturated heterocycles. The van der Waals surface area contributed by atoms with Crippen molar-refractivity contribution in [1.29, 1.82) is 0 Å². The molecule has 25 heavy (non-hydrogen) atoms. The lowest BCUT2D eigenvalue weighted by molar-refractivity contribution is -0.120. The number of amides is 1. The zero-order chi connectivity index (χ0) is 17.6. The second-order valence-corrected chi connectivity index (χ2v) is 7.40. The second kappa shape index (κ2) is 8.79. The lowest BCUT2D eigenvalue weighted by atomic mass is 9.89. The van der Waals surface area contributed by atoms with Crippen LogP contribution < -0.4 is 5.73 Å². The summed E-state index contributed by atoms with van der Waals surface area (Å²) in [5.74, 6) is -0.332. The van der Waals surface area contributed by atoms with Crippen molar-refractivity contribution in [1.82, 2.24) is 4.90 Å². The van der Waals surface area contributed by atoms with Gasteiger partial charge in [0.05, 0.1) is 25.4 Å². The number of aryl methyl sites for hydroxylation is 1. The Morgan fingerprint density at radius 1 is 1.24 bits per heavy atom. The van der Waals surface area contributed by atoms with Gasteiger partial charge < -0.3 is 15.6 Å².